The number of alkyl halides is 2. The van der Waals surface area contributed by atoms with Gasteiger partial charge in [0.05, 0.1) is 14.5 Å². The first-order valence-corrected chi connectivity index (χ1v) is 7.60. The molecule has 0 fully saturated rings. The van der Waals surface area contributed by atoms with Crippen LogP contribution in [-0.2, 0) is 4.74 Å². The maximum Gasteiger partial charge on any atom is 0.358 e. The maximum absolute atomic E-state index is 12.7. The molecule has 0 amide bonds. The van der Waals surface area contributed by atoms with Crippen molar-refractivity contribution in [3.63, 3.8) is 0 Å². The van der Waals surface area contributed by atoms with Gasteiger partial charge in [-0.05, 0) is 0 Å². The predicted molar refractivity (Wildman–Crippen MR) is 49.1 cm³/mol. The van der Waals surface area contributed by atoms with E-state index in [1.54, 1.807) is 0 Å². The predicted octanol–water partition coefficient (Wildman–Crippen LogP) is 3.05. The van der Waals surface area contributed by atoms with E-state index in [1.165, 1.54) is 6.08 Å². The Bertz CT molecular complexity index is 152. The molecule has 72 valence electrons. The van der Waals surface area contributed by atoms with Crippen LogP contribution in [0.4, 0.5) is 8.78 Å². The zero-order chi connectivity index (χ0) is 9.83. The van der Waals surface area contributed by atoms with Crippen LogP contribution in [-0.4, -0.2) is 20.4 Å². The fourth-order valence-corrected chi connectivity index (χ4v) is 1.19. The van der Waals surface area contributed by atoms with Gasteiger partial charge in [-0.1, -0.05) is 25.7 Å². The second kappa shape index (κ2) is 4.14. The van der Waals surface area contributed by atoms with E-state index >= 15 is 0 Å². The molecule has 1 nitrogen and oxygen atoms in total. The molecule has 0 aliphatic carbocycles. The maximum atomic E-state index is 12.7. The van der Waals surface area contributed by atoms with Crippen molar-refractivity contribution in [3.05, 3.63) is 12.7 Å². The summed E-state index contributed by atoms with van der Waals surface area (Å²) in [7, 11) is -1.53. The summed E-state index contributed by atoms with van der Waals surface area (Å²) in [4.78, 5) is 0. The summed E-state index contributed by atoms with van der Waals surface area (Å²) < 4.78 is 29.9. The molecule has 0 aliphatic rings. The normalized spacial score (nSPS) is 13.1. The first kappa shape index (κ1) is 11.8. The van der Waals surface area contributed by atoms with E-state index in [0.29, 0.717) is 0 Å². The van der Waals surface area contributed by atoms with Crippen LogP contribution in [0.1, 0.15) is 6.42 Å². The highest BCUT2D eigenvalue weighted by Gasteiger charge is 2.30. The van der Waals surface area contributed by atoms with Crippen molar-refractivity contribution >= 4 is 8.07 Å². The Hall–Kier alpha value is -0.223. The zero-order valence-corrected chi connectivity index (χ0v) is 8.86. The van der Waals surface area contributed by atoms with Crippen LogP contribution in [0.5, 0.6) is 0 Å². The summed E-state index contributed by atoms with van der Waals surface area (Å²) in [5.41, 5.74) is 0. The van der Waals surface area contributed by atoms with Gasteiger partial charge >= 0.3 is 6.11 Å². The van der Waals surface area contributed by atoms with E-state index in [9.17, 15) is 8.78 Å². The van der Waals surface area contributed by atoms with E-state index in [0.717, 1.165) is 0 Å². The van der Waals surface area contributed by atoms with Gasteiger partial charge in [0.15, 0.2) is 0 Å². The average molecular weight is 194 g/mol. The fourth-order valence-electron chi connectivity index (χ4n) is 0.549. The zero-order valence-electron chi connectivity index (χ0n) is 7.86. The smallest absolute Gasteiger partial charge is 0.324 e. The van der Waals surface area contributed by atoms with Crippen LogP contribution in [0.3, 0.4) is 0 Å². The average Bonchev–Trinajstić information content (AvgIpc) is 1.83. The van der Waals surface area contributed by atoms with E-state index in [4.69, 9.17) is 0 Å². The van der Waals surface area contributed by atoms with Crippen molar-refractivity contribution in [1.29, 1.82) is 0 Å². The molecule has 0 spiro atoms. The molecular weight excluding hydrogens is 178 g/mol. The second-order valence-corrected chi connectivity index (χ2v) is 9.39. The summed E-state index contributed by atoms with van der Waals surface area (Å²) in [5, 5.41) is 0. The Balaban J connectivity index is 3.83. The van der Waals surface area contributed by atoms with Crippen molar-refractivity contribution in [1.82, 2.24) is 0 Å². The van der Waals surface area contributed by atoms with Crippen LogP contribution in [0.25, 0.3) is 0 Å². The minimum atomic E-state index is -3.03. The third-order valence-corrected chi connectivity index (χ3v) is 2.11. The first-order chi connectivity index (χ1) is 5.27. The summed E-state index contributed by atoms with van der Waals surface area (Å²) in [6.45, 7) is 9.19. The molecule has 0 aromatic carbocycles. The fraction of sp³-hybridized carbons (Fsp3) is 0.750. The molecule has 0 saturated carbocycles. The molecule has 0 unspecified atom stereocenters. The summed E-state index contributed by atoms with van der Waals surface area (Å²) in [6, 6.07) is 0. The molecule has 0 atom stereocenters. The Kier molecular flexibility index (Phi) is 4.06. The van der Waals surface area contributed by atoms with Gasteiger partial charge in [-0.2, -0.15) is 8.78 Å². The van der Waals surface area contributed by atoms with Crippen LogP contribution in [0, 0.1) is 0 Å². The van der Waals surface area contributed by atoms with Gasteiger partial charge in [0.2, 0.25) is 0 Å². The van der Waals surface area contributed by atoms with Crippen molar-refractivity contribution in [3.8, 4) is 0 Å². The quantitative estimate of drug-likeness (QED) is 0.483. The molecule has 0 heterocycles. The molecule has 12 heavy (non-hydrogen) atoms. The van der Waals surface area contributed by atoms with Crippen molar-refractivity contribution in [2.24, 2.45) is 0 Å². The largest absolute Gasteiger partial charge is 0.358 e. The Morgan fingerprint density at radius 2 is 1.92 bits per heavy atom. The highest BCUT2D eigenvalue weighted by Crippen LogP contribution is 2.21. The van der Waals surface area contributed by atoms with Gasteiger partial charge in [-0.3, -0.25) is 0 Å². The third kappa shape index (κ3) is 6.48. The number of halogens is 2. The monoisotopic (exact) mass is 194 g/mol. The van der Waals surface area contributed by atoms with Gasteiger partial charge in [0.1, 0.15) is 0 Å². The minimum absolute atomic E-state index is 0.188. The molecule has 0 N–H and O–H groups in total. The first-order valence-electron chi connectivity index (χ1n) is 3.89. The summed E-state index contributed by atoms with van der Waals surface area (Å²) in [5.74, 6) is 0. The highest BCUT2D eigenvalue weighted by molar-refractivity contribution is 6.76. The molecule has 0 aromatic heterocycles. The number of rotatable bonds is 5. The van der Waals surface area contributed by atoms with Gasteiger partial charge < -0.3 is 4.74 Å². The molecule has 0 aliphatic heterocycles. The van der Waals surface area contributed by atoms with Crippen molar-refractivity contribution in [2.45, 2.75) is 32.2 Å². The molecule has 4 heteroatoms. The number of hydrogen-bond donors (Lipinski definition) is 0. The molecule has 0 bridgehead atoms. The minimum Gasteiger partial charge on any atom is -0.324 e. The van der Waals surface area contributed by atoms with Crippen molar-refractivity contribution in [2.75, 3.05) is 6.23 Å². The van der Waals surface area contributed by atoms with E-state index < -0.39 is 20.6 Å². The standard InChI is InChI=1S/C8H16F2OSi/c1-5-6-8(9,10)11-7-12(2,3)4/h5H,1,6-7H2,2-4H3. The van der Waals surface area contributed by atoms with E-state index in [1.807, 2.05) is 19.6 Å². The molecule has 0 saturated heterocycles. The lowest BCUT2D eigenvalue weighted by atomic mass is 10.4. The number of hydrogen-bond acceptors (Lipinski definition) is 1. The Morgan fingerprint density at radius 3 is 2.25 bits per heavy atom. The van der Waals surface area contributed by atoms with Gasteiger partial charge in [0.25, 0.3) is 0 Å². The molecular formula is C8H16F2OSi. The summed E-state index contributed by atoms with van der Waals surface area (Å²) >= 11 is 0. The Morgan fingerprint density at radius 1 is 1.42 bits per heavy atom. The lowest BCUT2D eigenvalue weighted by Crippen LogP contribution is -2.34. The van der Waals surface area contributed by atoms with Gasteiger partial charge in [-0.15, -0.1) is 6.58 Å². The molecule has 0 radical (unpaired) electrons. The van der Waals surface area contributed by atoms with E-state index in [2.05, 4.69) is 11.3 Å². The SMILES string of the molecule is C=CCC(F)(F)OC[Si](C)(C)C. The Labute approximate surface area is 73.4 Å². The highest BCUT2D eigenvalue weighted by atomic mass is 28.3. The van der Waals surface area contributed by atoms with Gasteiger partial charge in [-0.25, -0.2) is 0 Å². The lowest BCUT2D eigenvalue weighted by Gasteiger charge is -2.21. The van der Waals surface area contributed by atoms with Crippen molar-refractivity contribution < 1.29 is 13.5 Å². The topological polar surface area (TPSA) is 9.23 Å². The lowest BCUT2D eigenvalue weighted by molar-refractivity contribution is -0.225. The van der Waals surface area contributed by atoms with Crippen LogP contribution < -0.4 is 0 Å². The van der Waals surface area contributed by atoms with Gasteiger partial charge in [0, 0.05) is 6.23 Å². The second-order valence-electron chi connectivity index (χ2n) is 3.98. The summed E-state index contributed by atoms with van der Waals surface area (Å²) in [6.07, 6.45) is -2.07. The van der Waals surface area contributed by atoms with E-state index in [-0.39, 0.29) is 6.23 Å². The third-order valence-electron chi connectivity index (χ3n) is 1.10. The van der Waals surface area contributed by atoms with Crippen LogP contribution >= 0.6 is 0 Å². The number of ether oxygens (including phenoxy) is 1. The molecule has 0 rings (SSSR count). The van der Waals surface area contributed by atoms with Crippen LogP contribution in [0.2, 0.25) is 19.6 Å². The van der Waals surface area contributed by atoms with Crippen LogP contribution in [0.15, 0.2) is 12.7 Å². The molecule has 0 aromatic rings.